The molecule has 0 atom stereocenters. The van der Waals surface area contributed by atoms with Gasteiger partial charge >= 0.3 is 0 Å². The van der Waals surface area contributed by atoms with Gasteiger partial charge in [0.25, 0.3) is 0 Å². The first-order chi connectivity index (χ1) is 12.5. The first kappa shape index (κ1) is 17.9. The van der Waals surface area contributed by atoms with Crippen LogP contribution in [0.15, 0.2) is 78.9 Å². The summed E-state index contributed by atoms with van der Waals surface area (Å²) in [6.45, 7) is 0. The minimum Gasteiger partial charge on any atom is -0.481 e. The Kier molecular flexibility index (Phi) is 5.47. The highest BCUT2D eigenvalue weighted by molar-refractivity contribution is 5.50. The summed E-state index contributed by atoms with van der Waals surface area (Å²) in [6, 6.07) is 27.1. The smallest absolute Gasteiger partial charge is 0.149 e. The van der Waals surface area contributed by atoms with Crippen molar-refractivity contribution in [2.24, 2.45) is 0 Å². The monoisotopic (exact) mass is 346 g/mol. The quantitative estimate of drug-likeness (QED) is 0.625. The van der Waals surface area contributed by atoms with E-state index in [0.717, 1.165) is 16.9 Å². The average molecular weight is 346 g/mol. The molecule has 3 aromatic rings. The fourth-order valence-electron chi connectivity index (χ4n) is 2.86. The van der Waals surface area contributed by atoms with Gasteiger partial charge in [-0.05, 0) is 47.5 Å². The lowest BCUT2D eigenvalue weighted by molar-refractivity contribution is 0.247. The number of rotatable bonds is 6. The van der Waals surface area contributed by atoms with Gasteiger partial charge in [-0.25, -0.2) is 0 Å². The van der Waals surface area contributed by atoms with Crippen molar-refractivity contribution in [3.8, 4) is 5.75 Å². The summed E-state index contributed by atoms with van der Waals surface area (Å²) in [5.41, 5.74) is 4.62. The molecule has 0 saturated carbocycles. The van der Waals surface area contributed by atoms with E-state index < -0.39 is 0 Å². The maximum absolute atomic E-state index is 6.36. The molecule has 3 heteroatoms. The first-order valence-electron chi connectivity index (χ1n) is 8.81. The lowest BCUT2D eigenvalue weighted by Gasteiger charge is -2.22. The molecular formula is C23H26N2O. The second kappa shape index (κ2) is 7.96. The molecule has 0 aliphatic heterocycles. The highest BCUT2D eigenvalue weighted by atomic mass is 16.5. The Morgan fingerprint density at radius 2 is 1.00 bits per heavy atom. The van der Waals surface area contributed by atoms with Crippen LogP contribution in [0.1, 0.15) is 17.2 Å². The molecule has 3 rings (SSSR count). The molecule has 0 unspecified atom stereocenters. The first-order valence-corrected chi connectivity index (χ1v) is 8.81. The Labute approximate surface area is 156 Å². The third-order valence-electron chi connectivity index (χ3n) is 4.42. The number of benzene rings is 3. The van der Waals surface area contributed by atoms with Gasteiger partial charge in [-0.2, -0.15) is 0 Å². The summed E-state index contributed by atoms with van der Waals surface area (Å²) in [6.07, 6.45) is -0.148. The summed E-state index contributed by atoms with van der Waals surface area (Å²) >= 11 is 0. The van der Waals surface area contributed by atoms with Crippen LogP contribution in [0.5, 0.6) is 5.75 Å². The van der Waals surface area contributed by atoms with Gasteiger partial charge in [-0.15, -0.1) is 0 Å². The number of hydrogen-bond donors (Lipinski definition) is 0. The fourth-order valence-corrected chi connectivity index (χ4v) is 2.86. The minimum atomic E-state index is -0.148. The summed E-state index contributed by atoms with van der Waals surface area (Å²) in [4.78, 5) is 4.20. The van der Waals surface area contributed by atoms with E-state index in [4.69, 9.17) is 4.74 Å². The Morgan fingerprint density at radius 1 is 0.577 bits per heavy atom. The molecule has 134 valence electrons. The SMILES string of the molecule is CN(C)c1ccc(C(Oc2ccccc2)c2ccc(N(C)C)cc2)cc1. The Bertz CT molecular complexity index is 758. The van der Waals surface area contributed by atoms with Crippen molar-refractivity contribution in [2.45, 2.75) is 6.10 Å². The molecule has 0 aromatic heterocycles. The average Bonchev–Trinajstić information content (AvgIpc) is 2.67. The fraction of sp³-hybridized carbons (Fsp3) is 0.217. The van der Waals surface area contributed by atoms with E-state index in [1.165, 1.54) is 11.4 Å². The van der Waals surface area contributed by atoms with E-state index in [1.807, 2.05) is 58.5 Å². The van der Waals surface area contributed by atoms with Gasteiger partial charge in [0.2, 0.25) is 0 Å². The Hall–Kier alpha value is -2.94. The van der Waals surface area contributed by atoms with E-state index in [2.05, 4.69) is 58.3 Å². The van der Waals surface area contributed by atoms with Crippen molar-refractivity contribution in [1.82, 2.24) is 0 Å². The third kappa shape index (κ3) is 4.17. The van der Waals surface area contributed by atoms with Crippen LogP contribution in [0, 0.1) is 0 Å². The molecule has 0 aliphatic rings. The zero-order chi connectivity index (χ0) is 18.5. The lowest BCUT2D eigenvalue weighted by Crippen LogP contribution is -2.12. The number of anilines is 2. The van der Waals surface area contributed by atoms with Crippen molar-refractivity contribution in [2.75, 3.05) is 38.0 Å². The molecule has 0 spiro atoms. The van der Waals surface area contributed by atoms with Crippen LogP contribution in [0.2, 0.25) is 0 Å². The van der Waals surface area contributed by atoms with Crippen LogP contribution in [0.3, 0.4) is 0 Å². The number of hydrogen-bond acceptors (Lipinski definition) is 3. The molecule has 3 nitrogen and oxygen atoms in total. The normalized spacial score (nSPS) is 10.7. The van der Waals surface area contributed by atoms with Crippen molar-refractivity contribution in [3.63, 3.8) is 0 Å². The lowest BCUT2D eigenvalue weighted by atomic mass is 10.0. The van der Waals surface area contributed by atoms with Crippen molar-refractivity contribution in [3.05, 3.63) is 90.0 Å². The summed E-state index contributed by atoms with van der Waals surface area (Å²) in [5, 5.41) is 0. The molecule has 0 fully saturated rings. The maximum atomic E-state index is 6.36. The number of para-hydroxylation sites is 1. The second-order valence-electron chi connectivity index (χ2n) is 6.78. The largest absolute Gasteiger partial charge is 0.481 e. The molecular weight excluding hydrogens is 320 g/mol. The Morgan fingerprint density at radius 3 is 1.38 bits per heavy atom. The maximum Gasteiger partial charge on any atom is 0.149 e. The highest BCUT2D eigenvalue weighted by Gasteiger charge is 2.17. The summed E-state index contributed by atoms with van der Waals surface area (Å²) in [5.74, 6) is 0.867. The van der Waals surface area contributed by atoms with E-state index in [0.29, 0.717) is 0 Å². The molecule has 0 bridgehead atoms. The van der Waals surface area contributed by atoms with Gasteiger partial charge in [0.1, 0.15) is 11.9 Å². The van der Waals surface area contributed by atoms with Gasteiger partial charge in [-0.3, -0.25) is 0 Å². The predicted molar refractivity (Wildman–Crippen MR) is 110 cm³/mol. The van der Waals surface area contributed by atoms with Gasteiger partial charge in [0.05, 0.1) is 0 Å². The van der Waals surface area contributed by atoms with Crippen LogP contribution in [0.25, 0.3) is 0 Å². The molecule has 0 saturated heterocycles. The van der Waals surface area contributed by atoms with Crippen LogP contribution in [-0.4, -0.2) is 28.2 Å². The predicted octanol–water partition coefficient (Wildman–Crippen LogP) is 4.99. The van der Waals surface area contributed by atoms with Gasteiger partial charge < -0.3 is 14.5 Å². The zero-order valence-corrected chi connectivity index (χ0v) is 15.9. The van der Waals surface area contributed by atoms with Crippen molar-refractivity contribution in [1.29, 1.82) is 0 Å². The molecule has 0 aliphatic carbocycles. The summed E-state index contributed by atoms with van der Waals surface area (Å²) < 4.78 is 6.36. The molecule has 3 aromatic carbocycles. The molecule has 0 heterocycles. The molecule has 26 heavy (non-hydrogen) atoms. The topological polar surface area (TPSA) is 15.7 Å². The van der Waals surface area contributed by atoms with Crippen molar-refractivity contribution >= 4 is 11.4 Å². The zero-order valence-electron chi connectivity index (χ0n) is 15.9. The second-order valence-corrected chi connectivity index (χ2v) is 6.78. The molecule has 0 radical (unpaired) electrons. The third-order valence-corrected chi connectivity index (χ3v) is 4.42. The minimum absolute atomic E-state index is 0.148. The molecule has 0 N–H and O–H groups in total. The van der Waals surface area contributed by atoms with E-state index >= 15 is 0 Å². The van der Waals surface area contributed by atoms with Gasteiger partial charge in [0, 0.05) is 39.6 Å². The van der Waals surface area contributed by atoms with Crippen molar-refractivity contribution < 1.29 is 4.74 Å². The number of nitrogens with zero attached hydrogens (tertiary/aromatic N) is 2. The van der Waals surface area contributed by atoms with Gasteiger partial charge in [0.15, 0.2) is 0 Å². The van der Waals surface area contributed by atoms with Crippen LogP contribution in [0.4, 0.5) is 11.4 Å². The van der Waals surface area contributed by atoms with E-state index in [1.54, 1.807) is 0 Å². The van der Waals surface area contributed by atoms with Crippen LogP contribution in [-0.2, 0) is 0 Å². The molecule has 0 amide bonds. The Balaban J connectivity index is 1.95. The summed E-state index contributed by atoms with van der Waals surface area (Å²) in [7, 11) is 8.19. The van der Waals surface area contributed by atoms with E-state index in [9.17, 15) is 0 Å². The number of ether oxygens (including phenoxy) is 1. The standard InChI is InChI=1S/C23H26N2O/c1-24(2)20-14-10-18(11-15-20)23(26-22-8-6-5-7-9-22)19-12-16-21(17-13-19)25(3)4/h5-17,23H,1-4H3. The van der Waals surface area contributed by atoms with Gasteiger partial charge in [-0.1, -0.05) is 42.5 Å². The van der Waals surface area contributed by atoms with Crippen LogP contribution < -0.4 is 14.5 Å². The van der Waals surface area contributed by atoms with Crippen LogP contribution >= 0.6 is 0 Å². The van der Waals surface area contributed by atoms with E-state index in [-0.39, 0.29) is 6.10 Å². The highest BCUT2D eigenvalue weighted by Crippen LogP contribution is 2.30.